The second-order valence-electron chi connectivity index (χ2n) is 5.08. The van der Waals surface area contributed by atoms with E-state index in [9.17, 15) is 9.59 Å². The van der Waals surface area contributed by atoms with Gasteiger partial charge in [0.1, 0.15) is 12.1 Å². The van der Waals surface area contributed by atoms with Crippen LogP contribution in [0.25, 0.3) is 0 Å². The minimum Gasteiger partial charge on any atom is -0.303 e. The van der Waals surface area contributed by atoms with Crippen molar-refractivity contribution in [1.29, 1.82) is 0 Å². The van der Waals surface area contributed by atoms with Crippen LogP contribution in [0.5, 0.6) is 0 Å². The fourth-order valence-corrected chi connectivity index (χ4v) is 3.32. The molecule has 2 rings (SSSR count). The van der Waals surface area contributed by atoms with Crippen molar-refractivity contribution in [1.82, 2.24) is 0 Å². The average molecular weight is 208 g/mol. The van der Waals surface area contributed by atoms with Crippen LogP contribution in [0.2, 0.25) is 0 Å². The molecule has 2 aliphatic carbocycles. The van der Waals surface area contributed by atoms with Crippen molar-refractivity contribution in [2.45, 2.75) is 51.4 Å². The van der Waals surface area contributed by atoms with E-state index >= 15 is 0 Å². The zero-order chi connectivity index (χ0) is 10.7. The topological polar surface area (TPSA) is 34.1 Å². The standard InChI is InChI=1S/C13H20O2/c14-9-8-11-6-7-12(13(11)15)10-4-2-1-3-5-10/h9-12H,1-8H2/t11-,12-/m0/s1. The summed E-state index contributed by atoms with van der Waals surface area (Å²) < 4.78 is 0. The number of hydrogen-bond donors (Lipinski definition) is 0. The lowest BCUT2D eigenvalue weighted by Gasteiger charge is -2.26. The zero-order valence-corrected chi connectivity index (χ0v) is 9.28. The van der Waals surface area contributed by atoms with Gasteiger partial charge in [-0.25, -0.2) is 0 Å². The number of hydrogen-bond acceptors (Lipinski definition) is 2. The number of rotatable bonds is 3. The van der Waals surface area contributed by atoms with Crippen LogP contribution >= 0.6 is 0 Å². The van der Waals surface area contributed by atoms with E-state index in [1.165, 1.54) is 32.1 Å². The van der Waals surface area contributed by atoms with Gasteiger partial charge in [-0.3, -0.25) is 4.79 Å². The lowest BCUT2D eigenvalue weighted by atomic mass is 9.78. The fourth-order valence-electron chi connectivity index (χ4n) is 3.32. The second kappa shape index (κ2) is 4.91. The predicted molar refractivity (Wildman–Crippen MR) is 58.5 cm³/mol. The van der Waals surface area contributed by atoms with Gasteiger partial charge in [0.05, 0.1) is 0 Å². The van der Waals surface area contributed by atoms with Crippen LogP contribution in [-0.4, -0.2) is 12.1 Å². The molecule has 2 saturated carbocycles. The average Bonchev–Trinajstić information content (AvgIpc) is 2.63. The third-order valence-electron chi connectivity index (χ3n) is 4.19. The lowest BCUT2D eigenvalue weighted by Crippen LogP contribution is -2.24. The predicted octanol–water partition coefficient (Wildman–Crippen LogP) is 2.75. The van der Waals surface area contributed by atoms with Gasteiger partial charge < -0.3 is 4.79 Å². The Kier molecular flexibility index (Phi) is 3.55. The zero-order valence-electron chi connectivity index (χ0n) is 9.28. The molecule has 0 aromatic carbocycles. The van der Waals surface area contributed by atoms with E-state index in [0.717, 1.165) is 19.1 Å². The number of carbonyl (C=O) groups is 2. The summed E-state index contributed by atoms with van der Waals surface area (Å²) in [6.45, 7) is 0. The van der Waals surface area contributed by atoms with E-state index < -0.39 is 0 Å². The van der Waals surface area contributed by atoms with Gasteiger partial charge >= 0.3 is 0 Å². The number of carbonyl (C=O) groups excluding carboxylic acids is 2. The highest BCUT2D eigenvalue weighted by Crippen LogP contribution is 2.40. The van der Waals surface area contributed by atoms with Gasteiger partial charge in [0.25, 0.3) is 0 Å². The summed E-state index contributed by atoms with van der Waals surface area (Å²) in [7, 11) is 0. The quantitative estimate of drug-likeness (QED) is 0.668. The highest BCUT2D eigenvalue weighted by molar-refractivity contribution is 5.87. The Balaban J connectivity index is 1.93. The van der Waals surface area contributed by atoms with Gasteiger partial charge in [0, 0.05) is 18.3 Å². The van der Waals surface area contributed by atoms with Crippen molar-refractivity contribution in [2.24, 2.45) is 17.8 Å². The first kappa shape index (κ1) is 10.8. The molecule has 0 radical (unpaired) electrons. The summed E-state index contributed by atoms with van der Waals surface area (Å²) in [5.74, 6) is 1.40. The first-order valence-corrected chi connectivity index (χ1v) is 6.30. The Labute approximate surface area is 91.4 Å². The molecule has 0 N–H and O–H groups in total. The van der Waals surface area contributed by atoms with Crippen LogP contribution < -0.4 is 0 Å². The van der Waals surface area contributed by atoms with E-state index in [2.05, 4.69) is 0 Å². The van der Waals surface area contributed by atoms with Crippen LogP contribution in [0.4, 0.5) is 0 Å². The Bertz CT molecular complexity index is 241. The monoisotopic (exact) mass is 208 g/mol. The van der Waals surface area contributed by atoms with E-state index in [1.54, 1.807) is 0 Å². The molecule has 2 atom stereocenters. The molecule has 0 heterocycles. The highest BCUT2D eigenvalue weighted by atomic mass is 16.1. The summed E-state index contributed by atoms with van der Waals surface area (Å²) in [6, 6.07) is 0. The summed E-state index contributed by atoms with van der Waals surface area (Å²) in [6.07, 6.45) is 9.79. The van der Waals surface area contributed by atoms with Crippen molar-refractivity contribution in [3.63, 3.8) is 0 Å². The Hall–Kier alpha value is -0.660. The fraction of sp³-hybridized carbons (Fsp3) is 0.846. The number of ketones is 1. The van der Waals surface area contributed by atoms with Crippen molar-refractivity contribution in [3.05, 3.63) is 0 Å². The molecule has 2 aliphatic rings. The molecular formula is C13H20O2. The Morgan fingerprint density at radius 2 is 1.80 bits per heavy atom. The van der Waals surface area contributed by atoms with Gasteiger partial charge in [0.15, 0.2) is 0 Å². The van der Waals surface area contributed by atoms with Crippen LogP contribution in [0.3, 0.4) is 0 Å². The van der Waals surface area contributed by atoms with Crippen molar-refractivity contribution < 1.29 is 9.59 Å². The minimum atomic E-state index is 0.0643. The van der Waals surface area contributed by atoms with Gasteiger partial charge in [-0.05, 0) is 31.6 Å². The molecule has 0 amide bonds. The molecule has 2 heteroatoms. The normalized spacial score (nSPS) is 33.2. The first-order valence-electron chi connectivity index (χ1n) is 6.30. The smallest absolute Gasteiger partial charge is 0.139 e. The van der Waals surface area contributed by atoms with E-state index in [4.69, 9.17) is 0 Å². The maximum Gasteiger partial charge on any atom is 0.139 e. The second-order valence-corrected chi connectivity index (χ2v) is 5.08. The largest absolute Gasteiger partial charge is 0.303 e. The number of Topliss-reactive ketones (excluding diaryl/α,β-unsaturated/α-hetero) is 1. The molecule has 0 spiro atoms. The Morgan fingerprint density at radius 1 is 1.07 bits per heavy atom. The summed E-state index contributed by atoms with van der Waals surface area (Å²) in [5, 5.41) is 0. The molecule has 0 saturated heterocycles. The van der Waals surface area contributed by atoms with Gasteiger partial charge in [0.2, 0.25) is 0 Å². The maximum atomic E-state index is 12.0. The van der Waals surface area contributed by atoms with Gasteiger partial charge in [-0.1, -0.05) is 19.3 Å². The molecule has 0 bridgehead atoms. The molecule has 0 aliphatic heterocycles. The lowest BCUT2D eigenvalue weighted by molar-refractivity contribution is -0.127. The van der Waals surface area contributed by atoms with Crippen molar-refractivity contribution in [2.75, 3.05) is 0 Å². The SMILES string of the molecule is O=CC[C@@H]1CC[C@@H](C2CCCCC2)C1=O. The van der Waals surface area contributed by atoms with Crippen LogP contribution in [-0.2, 0) is 9.59 Å². The van der Waals surface area contributed by atoms with E-state index in [-0.39, 0.29) is 5.92 Å². The van der Waals surface area contributed by atoms with E-state index in [0.29, 0.717) is 24.0 Å². The van der Waals surface area contributed by atoms with E-state index in [1.807, 2.05) is 0 Å². The molecule has 0 unspecified atom stereocenters. The summed E-state index contributed by atoms with van der Waals surface area (Å²) in [5.41, 5.74) is 0. The third-order valence-corrected chi connectivity index (χ3v) is 4.19. The Morgan fingerprint density at radius 3 is 2.47 bits per heavy atom. The molecular weight excluding hydrogens is 188 g/mol. The highest BCUT2D eigenvalue weighted by Gasteiger charge is 2.38. The van der Waals surface area contributed by atoms with Crippen LogP contribution in [0, 0.1) is 17.8 Å². The van der Waals surface area contributed by atoms with Crippen LogP contribution in [0.1, 0.15) is 51.4 Å². The molecule has 15 heavy (non-hydrogen) atoms. The third kappa shape index (κ3) is 2.30. The summed E-state index contributed by atoms with van der Waals surface area (Å²) in [4.78, 5) is 22.5. The number of aldehydes is 1. The van der Waals surface area contributed by atoms with Gasteiger partial charge in [-0.15, -0.1) is 0 Å². The maximum absolute atomic E-state index is 12.0. The van der Waals surface area contributed by atoms with Crippen molar-refractivity contribution in [3.8, 4) is 0 Å². The molecule has 2 nitrogen and oxygen atoms in total. The molecule has 0 aromatic heterocycles. The van der Waals surface area contributed by atoms with Crippen molar-refractivity contribution >= 4 is 12.1 Å². The first-order chi connectivity index (χ1) is 7.33. The molecule has 0 aromatic rings. The molecule has 2 fully saturated rings. The minimum absolute atomic E-state index is 0.0643. The van der Waals surface area contributed by atoms with Gasteiger partial charge in [-0.2, -0.15) is 0 Å². The molecule has 84 valence electrons. The van der Waals surface area contributed by atoms with Crippen LogP contribution in [0.15, 0.2) is 0 Å². The summed E-state index contributed by atoms with van der Waals surface area (Å²) >= 11 is 0.